The second kappa shape index (κ2) is 10.5. The van der Waals surface area contributed by atoms with Crippen LogP contribution in [-0.4, -0.2) is 54.6 Å². The van der Waals surface area contributed by atoms with Crippen molar-refractivity contribution >= 4 is 23.4 Å². The highest BCUT2D eigenvalue weighted by Crippen LogP contribution is 2.66. The van der Waals surface area contributed by atoms with Crippen LogP contribution in [0.2, 0.25) is 5.02 Å². The largest absolute Gasteiger partial charge is 0.395 e. The topological polar surface area (TPSA) is 88.3 Å². The first-order chi connectivity index (χ1) is 16.3. The van der Waals surface area contributed by atoms with Gasteiger partial charge in [0.1, 0.15) is 5.82 Å². The Balaban J connectivity index is 1.71. The molecule has 2 unspecified atom stereocenters. The molecule has 3 N–H and O–H groups in total. The summed E-state index contributed by atoms with van der Waals surface area (Å²) in [5.41, 5.74) is 4.26. The Morgan fingerprint density at radius 1 is 1.23 bits per heavy atom. The molecule has 11 heteroatoms. The van der Waals surface area contributed by atoms with Gasteiger partial charge in [0.05, 0.1) is 11.6 Å². The normalized spacial score (nSPS) is 16.6. The number of benzene rings is 1. The molecule has 6 nitrogen and oxygen atoms in total. The zero-order valence-corrected chi connectivity index (χ0v) is 20.1. The molecule has 3 rings (SSSR count). The van der Waals surface area contributed by atoms with Gasteiger partial charge in [0.15, 0.2) is 0 Å². The van der Waals surface area contributed by atoms with Crippen molar-refractivity contribution in [1.82, 2.24) is 15.2 Å². The maximum Gasteiger partial charge on any atom is 0.395 e. The molecule has 190 valence electrons. The third-order valence-corrected chi connectivity index (χ3v) is 6.95. The molecular formula is C24H27ClF4N4O2. The summed E-state index contributed by atoms with van der Waals surface area (Å²) in [7, 11) is 3.60. The molecule has 1 aliphatic rings. The molecule has 0 saturated heterocycles. The average molecular weight is 515 g/mol. The number of nitrogens with one attached hydrogen (secondary N) is 1. The van der Waals surface area contributed by atoms with Crippen molar-refractivity contribution < 1.29 is 27.2 Å². The zero-order chi connectivity index (χ0) is 26.0. The first-order valence-electron chi connectivity index (χ1n) is 11.0. The van der Waals surface area contributed by atoms with E-state index < -0.39 is 41.6 Å². The highest BCUT2D eigenvalue weighted by atomic mass is 35.5. The SMILES string of the molecule is CN(C)C(CNC(=O)CC(c1cncc(F)c1)C1(C(F)(F)F)CC1)Cc1ccc(C(N)=O)cc1Cl. The lowest BCUT2D eigenvalue weighted by atomic mass is 9.80. The minimum atomic E-state index is -4.52. The van der Waals surface area contributed by atoms with Crippen molar-refractivity contribution in [3.8, 4) is 0 Å². The lowest BCUT2D eigenvalue weighted by Gasteiger charge is -2.30. The first kappa shape index (κ1) is 26.9. The van der Waals surface area contributed by atoms with Gasteiger partial charge >= 0.3 is 6.18 Å². The van der Waals surface area contributed by atoms with Crippen molar-refractivity contribution in [2.24, 2.45) is 11.1 Å². The first-order valence-corrected chi connectivity index (χ1v) is 11.4. The number of amides is 2. The van der Waals surface area contributed by atoms with Crippen LogP contribution >= 0.6 is 11.6 Å². The lowest BCUT2D eigenvalue weighted by Crippen LogP contribution is -2.42. The van der Waals surface area contributed by atoms with E-state index in [2.05, 4.69) is 10.3 Å². The molecule has 1 aromatic heterocycles. The molecule has 35 heavy (non-hydrogen) atoms. The number of primary amides is 1. The van der Waals surface area contributed by atoms with Crippen LogP contribution in [0.15, 0.2) is 36.7 Å². The summed E-state index contributed by atoms with van der Waals surface area (Å²) in [5.74, 6) is -3.17. The zero-order valence-electron chi connectivity index (χ0n) is 19.3. The van der Waals surface area contributed by atoms with E-state index in [1.54, 1.807) is 26.2 Å². The van der Waals surface area contributed by atoms with Gasteiger partial charge in [-0.2, -0.15) is 13.2 Å². The van der Waals surface area contributed by atoms with Gasteiger partial charge in [-0.1, -0.05) is 17.7 Å². The van der Waals surface area contributed by atoms with Crippen LogP contribution in [0.5, 0.6) is 0 Å². The number of carbonyl (C=O) groups excluding carboxylic acids is 2. The molecule has 0 bridgehead atoms. The summed E-state index contributed by atoms with van der Waals surface area (Å²) in [6.45, 7) is 0.146. The molecule has 0 spiro atoms. The maximum atomic E-state index is 13.9. The van der Waals surface area contributed by atoms with Crippen LogP contribution in [0.3, 0.4) is 0 Å². The number of likely N-dealkylation sites (N-methyl/N-ethyl adjacent to an activating group) is 1. The molecule has 0 radical (unpaired) electrons. The van der Waals surface area contributed by atoms with Gasteiger partial charge in [0.2, 0.25) is 11.8 Å². The van der Waals surface area contributed by atoms with Crippen molar-refractivity contribution in [2.45, 2.75) is 43.8 Å². The summed E-state index contributed by atoms with van der Waals surface area (Å²) in [6.07, 6.45) is -2.70. The Morgan fingerprint density at radius 2 is 1.91 bits per heavy atom. The van der Waals surface area contributed by atoms with Gasteiger partial charge in [-0.25, -0.2) is 4.39 Å². The fourth-order valence-electron chi connectivity index (χ4n) is 4.26. The quantitative estimate of drug-likeness (QED) is 0.468. The Kier molecular flexibility index (Phi) is 8.06. The Hall–Kier alpha value is -2.72. The maximum absolute atomic E-state index is 13.9. The van der Waals surface area contributed by atoms with E-state index in [0.717, 1.165) is 17.8 Å². The number of aromatic nitrogens is 1. The highest BCUT2D eigenvalue weighted by molar-refractivity contribution is 6.31. The highest BCUT2D eigenvalue weighted by Gasteiger charge is 2.67. The van der Waals surface area contributed by atoms with Crippen molar-refractivity contribution in [3.63, 3.8) is 0 Å². The van der Waals surface area contributed by atoms with Gasteiger partial charge < -0.3 is 16.0 Å². The third-order valence-electron chi connectivity index (χ3n) is 6.60. The van der Waals surface area contributed by atoms with E-state index in [4.69, 9.17) is 17.3 Å². The van der Waals surface area contributed by atoms with Gasteiger partial charge in [0, 0.05) is 41.7 Å². The molecule has 1 aliphatic carbocycles. The number of hydrogen-bond donors (Lipinski definition) is 2. The van der Waals surface area contributed by atoms with Crippen LogP contribution in [-0.2, 0) is 11.2 Å². The molecule has 1 heterocycles. The van der Waals surface area contributed by atoms with Crippen molar-refractivity contribution in [3.05, 3.63) is 64.2 Å². The monoisotopic (exact) mass is 514 g/mol. The molecule has 1 fully saturated rings. The van der Waals surface area contributed by atoms with Crippen LogP contribution < -0.4 is 11.1 Å². The number of halogens is 5. The molecular weight excluding hydrogens is 488 g/mol. The molecule has 2 aromatic rings. The predicted molar refractivity (Wildman–Crippen MR) is 123 cm³/mol. The fourth-order valence-corrected chi connectivity index (χ4v) is 4.52. The lowest BCUT2D eigenvalue weighted by molar-refractivity contribution is -0.194. The van der Waals surface area contributed by atoms with Crippen molar-refractivity contribution in [2.75, 3.05) is 20.6 Å². The summed E-state index contributed by atoms with van der Waals surface area (Å²) in [6, 6.07) is 5.47. The smallest absolute Gasteiger partial charge is 0.366 e. The fraction of sp³-hybridized carbons (Fsp3) is 0.458. The summed E-state index contributed by atoms with van der Waals surface area (Å²) in [5, 5.41) is 3.07. The molecule has 2 amide bonds. The molecule has 0 aliphatic heterocycles. The van der Waals surface area contributed by atoms with Crippen molar-refractivity contribution in [1.29, 1.82) is 0 Å². The number of nitrogens with two attached hydrogens (primary N) is 1. The standard InChI is InChI=1S/C24H27ClF4N4O2/c1-33(2)18(8-14-3-4-15(22(30)35)9-20(14)25)13-32-21(34)10-19(16-7-17(26)12-31-11-16)23(5-6-23)24(27,28)29/h3-4,7,9,11-12,18-19H,5-6,8,10,13H2,1-2H3,(H2,30,35)(H,32,34). The van der Waals surface area contributed by atoms with Gasteiger partial charge in [-0.3, -0.25) is 14.6 Å². The van der Waals surface area contributed by atoms with Crippen LogP contribution in [0.4, 0.5) is 17.6 Å². The van der Waals surface area contributed by atoms with E-state index in [-0.39, 0.29) is 36.6 Å². The van der Waals surface area contributed by atoms with Crippen LogP contribution in [0, 0.1) is 11.2 Å². The van der Waals surface area contributed by atoms with Gasteiger partial charge in [-0.15, -0.1) is 0 Å². The van der Waals surface area contributed by atoms with E-state index in [1.807, 2.05) is 4.90 Å². The van der Waals surface area contributed by atoms with E-state index in [9.17, 15) is 27.2 Å². The Morgan fingerprint density at radius 3 is 2.43 bits per heavy atom. The van der Waals surface area contributed by atoms with E-state index in [0.29, 0.717) is 11.4 Å². The molecule has 1 aromatic carbocycles. The number of nitrogens with zero attached hydrogens (tertiary/aromatic N) is 2. The molecule has 1 saturated carbocycles. The minimum absolute atomic E-state index is 0.0560. The summed E-state index contributed by atoms with van der Waals surface area (Å²) in [4.78, 5) is 29.7. The number of pyridine rings is 1. The minimum Gasteiger partial charge on any atom is -0.366 e. The predicted octanol–water partition coefficient (Wildman–Crippen LogP) is 4.08. The molecule has 2 atom stereocenters. The Bertz CT molecular complexity index is 1090. The number of hydrogen-bond acceptors (Lipinski definition) is 4. The van der Waals surface area contributed by atoms with Crippen LogP contribution in [0.25, 0.3) is 0 Å². The second-order valence-corrected chi connectivity index (χ2v) is 9.55. The summed E-state index contributed by atoms with van der Waals surface area (Å²) < 4.78 is 55.3. The number of carbonyl (C=O) groups is 2. The second-order valence-electron chi connectivity index (χ2n) is 9.14. The number of alkyl halides is 3. The van der Waals surface area contributed by atoms with Crippen LogP contribution in [0.1, 0.15) is 46.7 Å². The number of rotatable bonds is 10. The van der Waals surface area contributed by atoms with E-state index >= 15 is 0 Å². The van der Waals surface area contributed by atoms with Gasteiger partial charge in [-0.05, 0) is 62.7 Å². The average Bonchev–Trinajstić information content (AvgIpc) is 3.57. The van der Waals surface area contributed by atoms with E-state index in [1.165, 1.54) is 12.3 Å². The van der Waals surface area contributed by atoms with Gasteiger partial charge in [0.25, 0.3) is 0 Å². The Labute approximate surface area is 205 Å². The third kappa shape index (κ3) is 6.29. The summed E-state index contributed by atoms with van der Waals surface area (Å²) >= 11 is 6.28.